The average molecular weight is 488 g/mol. The quantitative estimate of drug-likeness (QED) is 0.342. The third-order valence-corrected chi connectivity index (χ3v) is 6.50. The van der Waals surface area contributed by atoms with E-state index in [2.05, 4.69) is 56.1 Å². The van der Waals surface area contributed by atoms with Crippen LogP contribution >= 0.6 is 0 Å². The van der Waals surface area contributed by atoms with Crippen LogP contribution in [0.5, 0.6) is 5.88 Å². The highest BCUT2D eigenvalue weighted by Crippen LogP contribution is 2.35. The van der Waals surface area contributed by atoms with Gasteiger partial charge in [-0.05, 0) is 58.4 Å². The van der Waals surface area contributed by atoms with Crippen LogP contribution in [0.3, 0.4) is 0 Å². The standard InChI is InChI=1S/C20H29N3O.C7H16.2C2H6/c1-14(2)23-11-10-15(3)18(12-23)19-16(4)21-13-22-20(19)24-17-8-6-5-7-9-17;1-3-5-7-6-4-2;2*1-2/h13,17H,1,5-12H2,2-4H3;3-7H2,1-2H3;2*1-2H3. The molecule has 0 bridgehead atoms. The van der Waals surface area contributed by atoms with Gasteiger partial charge >= 0.3 is 0 Å². The first-order valence-corrected chi connectivity index (χ1v) is 14.6. The van der Waals surface area contributed by atoms with Crippen molar-refractivity contribution in [3.8, 4) is 5.88 Å². The lowest BCUT2D eigenvalue weighted by Crippen LogP contribution is -2.30. The zero-order valence-corrected chi connectivity index (χ0v) is 24.8. The van der Waals surface area contributed by atoms with Crippen LogP contribution in [0.4, 0.5) is 0 Å². The lowest BCUT2D eigenvalue weighted by molar-refractivity contribution is 0.147. The van der Waals surface area contributed by atoms with Gasteiger partial charge in [-0.1, -0.05) is 92.2 Å². The molecule has 1 saturated carbocycles. The number of aromatic nitrogens is 2. The molecule has 1 aromatic rings. The Kier molecular flexibility index (Phi) is 19.3. The van der Waals surface area contributed by atoms with E-state index in [1.165, 1.54) is 62.5 Å². The van der Waals surface area contributed by atoms with Crippen molar-refractivity contribution in [3.63, 3.8) is 0 Å². The summed E-state index contributed by atoms with van der Waals surface area (Å²) in [5.74, 6) is 0.771. The monoisotopic (exact) mass is 487 g/mol. The zero-order valence-electron chi connectivity index (χ0n) is 24.8. The van der Waals surface area contributed by atoms with Gasteiger partial charge in [-0.2, -0.15) is 0 Å². The van der Waals surface area contributed by atoms with Gasteiger partial charge in [0.25, 0.3) is 0 Å². The molecule has 202 valence electrons. The van der Waals surface area contributed by atoms with Gasteiger partial charge in [0, 0.05) is 18.8 Å². The number of hydrogen-bond donors (Lipinski definition) is 0. The molecule has 4 heteroatoms. The molecule has 0 unspecified atom stereocenters. The van der Waals surface area contributed by atoms with Gasteiger partial charge in [-0.15, -0.1) is 0 Å². The molecule has 1 aliphatic carbocycles. The van der Waals surface area contributed by atoms with Gasteiger partial charge < -0.3 is 9.64 Å². The van der Waals surface area contributed by atoms with Crippen LogP contribution < -0.4 is 4.74 Å². The number of nitrogens with zero attached hydrogens (tertiary/aromatic N) is 3. The molecule has 0 aromatic carbocycles. The zero-order chi connectivity index (χ0) is 26.6. The van der Waals surface area contributed by atoms with E-state index >= 15 is 0 Å². The minimum absolute atomic E-state index is 0.300. The molecule has 2 aliphatic rings. The van der Waals surface area contributed by atoms with Crippen LogP contribution in [0.15, 0.2) is 24.2 Å². The number of rotatable bonds is 8. The summed E-state index contributed by atoms with van der Waals surface area (Å²) in [6.45, 7) is 24.9. The van der Waals surface area contributed by atoms with E-state index in [0.29, 0.717) is 6.10 Å². The van der Waals surface area contributed by atoms with Crippen molar-refractivity contribution in [2.24, 2.45) is 0 Å². The fraction of sp³-hybridized carbons (Fsp3) is 0.742. The van der Waals surface area contributed by atoms with Crippen LogP contribution in [0, 0.1) is 6.92 Å². The van der Waals surface area contributed by atoms with Crippen molar-refractivity contribution < 1.29 is 4.74 Å². The van der Waals surface area contributed by atoms with Gasteiger partial charge in [-0.3, -0.25) is 0 Å². The predicted molar refractivity (Wildman–Crippen MR) is 155 cm³/mol. The Balaban J connectivity index is 0.000000897. The van der Waals surface area contributed by atoms with Crippen molar-refractivity contribution in [2.45, 2.75) is 139 Å². The second-order valence-electron chi connectivity index (χ2n) is 9.24. The van der Waals surface area contributed by atoms with Crippen LogP contribution in [-0.2, 0) is 0 Å². The third kappa shape index (κ3) is 12.1. The van der Waals surface area contributed by atoms with E-state index in [1.54, 1.807) is 6.33 Å². The van der Waals surface area contributed by atoms with Gasteiger partial charge in [0.1, 0.15) is 12.4 Å². The molecule has 0 radical (unpaired) electrons. The van der Waals surface area contributed by atoms with E-state index in [-0.39, 0.29) is 0 Å². The number of allylic oxidation sites excluding steroid dienone is 1. The summed E-state index contributed by atoms with van der Waals surface area (Å²) in [5.41, 5.74) is 5.96. The second-order valence-corrected chi connectivity index (χ2v) is 9.24. The summed E-state index contributed by atoms with van der Waals surface area (Å²) in [5, 5.41) is 0. The van der Waals surface area contributed by atoms with Crippen molar-refractivity contribution >= 4 is 5.57 Å². The Morgan fingerprint density at radius 2 is 1.57 bits per heavy atom. The lowest BCUT2D eigenvalue weighted by atomic mass is 9.94. The molecular weight excluding hydrogens is 430 g/mol. The van der Waals surface area contributed by atoms with Gasteiger partial charge in [-0.25, -0.2) is 9.97 Å². The second kappa shape index (κ2) is 20.4. The SMILES string of the molecule is C=C(C)N1CCC(C)=C(c2c(C)ncnc2OC2CCCCC2)C1.CC.CC.CCCCCCC. The maximum Gasteiger partial charge on any atom is 0.224 e. The number of ether oxygens (including phenoxy) is 1. The maximum atomic E-state index is 6.34. The highest BCUT2D eigenvalue weighted by molar-refractivity contribution is 5.75. The molecule has 1 aromatic heterocycles. The first kappa shape index (κ1) is 33.2. The molecule has 4 nitrogen and oxygen atoms in total. The summed E-state index contributed by atoms with van der Waals surface area (Å²) >= 11 is 0. The summed E-state index contributed by atoms with van der Waals surface area (Å²) in [4.78, 5) is 11.3. The Bertz CT molecular complexity index is 716. The van der Waals surface area contributed by atoms with Crippen molar-refractivity contribution in [1.29, 1.82) is 0 Å². The number of hydrogen-bond acceptors (Lipinski definition) is 4. The van der Waals surface area contributed by atoms with E-state index in [0.717, 1.165) is 55.2 Å². The van der Waals surface area contributed by atoms with Crippen LogP contribution in [0.1, 0.15) is 137 Å². The Hall–Kier alpha value is -1.84. The van der Waals surface area contributed by atoms with E-state index < -0.39 is 0 Å². The van der Waals surface area contributed by atoms with E-state index in [4.69, 9.17) is 4.74 Å². The molecule has 2 heterocycles. The Labute approximate surface area is 218 Å². The van der Waals surface area contributed by atoms with E-state index in [1.807, 2.05) is 27.7 Å². The minimum atomic E-state index is 0.300. The van der Waals surface area contributed by atoms with Crippen molar-refractivity contribution in [3.05, 3.63) is 35.4 Å². The fourth-order valence-electron chi connectivity index (χ4n) is 4.38. The molecule has 0 N–H and O–H groups in total. The van der Waals surface area contributed by atoms with Crippen molar-refractivity contribution in [1.82, 2.24) is 14.9 Å². The minimum Gasteiger partial charge on any atom is -0.474 e. The first-order chi connectivity index (χ1) is 17.0. The Morgan fingerprint density at radius 1 is 0.971 bits per heavy atom. The molecule has 3 rings (SSSR count). The van der Waals surface area contributed by atoms with Crippen LogP contribution in [0.25, 0.3) is 5.57 Å². The number of aryl methyl sites for hydroxylation is 1. The van der Waals surface area contributed by atoms with Crippen molar-refractivity contribution in [2.75, 3.05) is 13.1 Å². The summed E-state index contributed by atoms with van der Waals surface area (Å²) < 4.78 is 6.34. The largest absolute Gasteiger partial charge is 0.474 e. The van der Waals surface area contributed by atoms with Gasteiger partial charge in [0.2, 0.25) is 5.88 Å². The summed E-state index contributed by atoms with van der Waals surface area (Å²) in [7, 11) is 0. The average Bonchev–Trinajstić information content (AvgIpc) is 2.88. The molecule has 0 spiro atoms. The molecule has 0 saturated heterocycles. The van der Waals surface area contributed by atoms with Gasteiger partial charge in [0.05, 0.1) is 11.3 Å². The van der Waals surface area contributed by atoms with Gasteiger partial charge in [0.15, 0.2) is 0 Å². The maximum absolute atomic E-state index is 6.34. The third-order valence-electron chi connectivity index (χ3n) is 6.50. The first-order valence-electron chi connectivity index (χ1n) is 14.6. The molecular formula is C31H57N3O. The Morgan fingerprint density at radius 3 is 2.11 bits per heavy atom. The molecule has 35 heavy (non-hydrogen) atoms. The lowest BCUT2D eigenvalue weighted by Gasteiger charge is -2.33. The van der Waals surface area contributed by atoms with Crippen LogP contribution in [-0.4, -0.2) is 34.1 Å². The fourth-order valence-corrected chi connectivity index (χ4v) is 4.38. The molecule has 0 amide bonds. The predicted octanol–water partition coefficient (Wildman–Crippen LogP) is 9.54. The molecule has 1 fully saturated rings. The molecule has 1 aliphatic heterocycles. The normalized spacial score (nSPS) is 15.6. The topological polar surface area (TPSA) is 38.2 Å². The summed E-state index contributed by atoms with van der Waals surface area (Å²) in [6, 6.07) is 0. The highest BCUT2D eigenvalue weighted by atomic mass is 16.5. The van der Waals surface area contributed by atoms with Crippen LogP contribution in [0.2, 0.25) is 0 Å². The smallest absolute Gasteiger partial charge is 0.224 e. The van der Waals surface area contributed by atoms with E-state index in [9.17, 15) is 0 Å². The molecule has 0 atom stereocenters. The number of unbranched alkanes of at least 4 members (excludes halogenated alkanes) is 4. The summed E-state index contributed by atoms with van der Waals surface area (Å²) in [6.07, 6.45) is 16.1. The highest BCUT2D eigenvalue weighted by Gasteiger charge is 2.25.